The van der Waals surface area contributed by atoms with Gasteiger partial charge in [0.05, 0.1) is 19.0 Å². The zero-order chi connectivity index (χ0) is 21.6. The molecule has 0 saturated heterocycles. The normalized spacial score (nSPS) is 11.6. The molecule has 30 heavy (non-hydrogen) atoms. The Balaban J connectivity index is 1.45. The lowest BCUT2D eigenvalue weighted by molar-refractivity contribution is -0.154. The van der Waals surface area contributed by atoms with Crippen molar-refractivity contribution < 1.29 is 14.3 Å². The molecule has 0 aliphatic rings. The molecule has 5 heteroatoms. The summed E-state index contributed by atoms with van der Waals surface area (Å²) in [5.41, 5.74) is 1.77. The number of hydrogen-bond donors (Lipinski definition) is 1. The lowest BCUT2D eigenvalue weighted by Crippen LogP contribution is -2.23. The van der Waals surface area contributed by atoms with Crippen LogP contribution in [0.4, 0.5) is 0 Å². The van der Waals surface area contributed by atoms with Crippen LogP contribution in [0, 0.1) is 0 Å². The van der Waals surface area contributed by atoms with E-state index in [0.29, 0.717) is 6.42 Å². The number of unbranched alkanes of at least 4 members (excludes halogenated alkanes) is 3. The Bertz CT molecular complexity index is 985. The molecule has 0 radical (unpaired) electrons. The smallest absolute Gasteiger partial charge is 0.306 e. The molecule has 0 bridgehead atoms. The van der Waals surface area contributed by atoms with Gasteiger partial charge in [0.15, 0.2) is 0 Å². The maximum atomic E-state index is 11.7. The van der Waals surface area contributed by atoms with Gasteiger partial charge in [0.2, 0.25) is 0 Å². The molecule has 0 aliphatic carbocycles. The number of nitrogens with one attached hydrogen (secondary N) is 1. The lowest BCUT2D eigenvalue weighted by atomic mass is 10.1. The number of carbonyl (C=O) groups is 1. The van der Waals surface area contributed by atoms with Gasteiger partial charge in [-0.3, -0.25) is 4.79 Å². The van der Waals surface area contributed by atoms with E-state index in [0.717, 1.165) is 60.3 Å². The Morgan fingerprint density at radius 3 is 2.50 bits per heavy atom. The van der Waals surface area contributed by atoms with Crippen LogP contribution in [0.3, 0.4) is 0 Å². The molecule has 3 aromatic rings. The molecule has 1 aromatic heterocycles. The number of methoxy groups -OCH3 is 1. The number of carbonyl (C=O) groups excluding carboxylic acids is 1. The number of nitrogens with zero attached hydrogens (tertiary/aromatic N) is 1. The van der Waals surface area contributed by atoms with Crippen molar-refractivity contribution in [1.82, 2.24) is 9.97 Å². The highest BCUT2D eigenvalue weighted by atomic mass is 16.6. The van der Waals surface area contributed by atoms with E-state index in [4.69, 9.17) is 9.47 Å². The zero-order valence-electron chi connectivity index (χ0n) is 18.5. The van der Waals surface area contributed by atoms with Crippen LogP contribution in [0.25, 0.3) is 22.0 Å². The third-order valence-corrected chi connectivity index (χ3v) is 4.95. The van der Waals surface area contributed by atoms with Crippen LogP contribution in [-0.2, 0) is 16.0 Å². The lowest BCUT2D eigenvalue weighted by Gasteiger charge is -2.19. The van der Waals surface area contributed by atoms with E-state index in [9.17, 15) is 4.79 Å². The molecule has 0 aliphatic heterocycles. The van der Waals surface area contributed by atoms with E-state index < -0.39 is 5.60 Å². The van der Waals surface area contributed by atoms with Crippen LogP contribution in [0.1, 0.15) is 58.7 Å². The summed E-state index contributed by atoms with van der Waals surface area (Å²) in [6, 6.07) is 12.5. The first-order valence-electron chi connectivity index (χ1n) is 10.7. The fraction of sp³-hybridized carbons (Fsp3) is 0.440. The number of ether oxygens (including phenoxy) is 2. The monoisotopic (exact) mass is 408 g/mol. The van der Waals surface area contributed by atoms with Crippen LogP contribution in [-0.4, -0.2) is 28.6 Å². The summed E-state index contributed by atoms with van der Waals surface area (Å²) in [5, 5.41) is 2.33. The number of H-pyrrole nitrogens is 1. The molecule has 0 amide bonds. The average Bonchev–Trinajstić information content (AvgIpc) is 3.17. The Labute approximate surface area is 178 Å². The summed E-state index contributed by atoms with van der Waals surface area (Å²) in [5.74, 6) is 1.77. The first-order chi connectivity index (χ1) is 14.3. The number of aromatic nitrogens is 2. The summed E-state index contributed by atoms with van der Waals surface area (Å²) >= 11 is 0. The number of aryl methyl sites for hydroxylation is 1. The zero-order valence-corrected chi connectivity index (χ0v) is 18.5. The van der Waals surface area contributed by atoms with Gasteiger partial charge in [-0.05, 0) is 62.6 Å². The van der Waals surface area contributed by atoms with E-state index in [1.807, 2.05) is 39.1 Å². The van der Waals surface area contributed by atoms with E-state index >= 15 is 0 Å². The molecule has 0 unspecified atom stereocenters. The second-order valence-corrected chi connectivity index (χ2v) is 8.67. The van der Waals surface area contributed by atoms with Crippen LogP contribution in [0.2, 0.25) is 0 Å². The van der Waals surface area contributed by atoms with Gasteiger partial charge < -0.3 is 14.5 Å². The van der Waals surface area contributed by atoms with Gasteiger partial charge in [-0.15, -0.1) is 0 Å². The van der Waals surface area contributed by atoms with Crippen LogP contribution in [0.5, 0.6) is 5.75 Å². The van der Waals surface area contributed by atoms with Crippen LogP contribution < -0.4 is 4.74 Å². The Morgan fingerprint density at radius 2 is 1.73 bits per heavy atom. The van der Waals surface area contributed by atoms with E-state index in [1.54, 1.807) is 7.11 Å². The van der Waals surface area contributed by atoms with Gasteiger partial charge in [-0.2, -0.15) is 0 Å². The SMILES string of the molecule is COc1ccc2cc(-c3cnc(CCCCCCC(=O)OC(C)(C)C)[nH]3)ccc2c1. The van der Waals surface area contributed by atoms with Gasteiger partial charge >= 0.3 is 5.97 Å². The number of imidazole rings is 1. The summed E-state index contributed by atoms with van der Waals surface area (Å²) in [6.07, 6.45) is 7.35. The largest absolute Gasteiger partial charge is 0.497 e. The van der Waals surface area contributed by atoms with Gasteiger partial charge in [0.25, 0.3) is 0 Å². The number of fused-ring (bicyclic) bond motifs is 1. The van der Waals surface area contributed by atoms with Crippen molar-refractivity contribution in [3.05, 3.63) is 48.4 Å². The predicted octanol–water partition coefficient (Wildman–Crippen LogP) is 6.07. The molecule has 5 nitrogen and oxygen atoms in total. The molecule has 0 atom stereocenters. The molecule has 0 spiro atoms. The molecule has 160 valence electrons. The topological polar surface area (TPSA) is 64.2 Å². The average molecular weight is 409 g/mol. The highest BCUT2D eigenvalue weighted by molar-refractivity contribution is 5.87. The maximum absolute atomic E-state index is 11.7. The van der Waals surface area contributed by atoms with Crippen molar-refractivity contribution >= 4 is 16.7 Å². The van der Waals surface area contributed by atoms with Gasteiger partial charge in [0.1, 0.15) is 17.2 Å². The quantitative estimate of drug-likeness (QED) is 0.344. The van der Waals surface area contributed by atoms with E-state index in [2.05, 4.69) is 34.2 Å². The number of esters is 1. The summed E-state index contributed by atoms with van der Waals surface area (Å²) in [7, 11) is 1.68. The maximum Gasteiger partial charge on any atom is 0.306 e. The molecular weight excluding hydrogens is 376 g/mol. The minimum Gasteiger partial charge on any atom is -0.497 e. The summed E-state index contributed by atoms with van der Waals surface area (Å²) in [6.45, 7) is 5.70. The number of hydrogen-bond acceptors (Lipinski definition) is 4. The standard InChI is InChI=1S/C25H32N2O3/c1-25(2,3)30-24(28)10-8-6-5-7-9-23-26-17-22(27-23)20-12-11-19-16-21(29-4)14-13-18(19)15-20/h11-17H,5-10H2,1-4H3,(H,26,27). The summed E-state index contributed by atoms with van der Waals surface area (Å²) < 4.78 is 10.6. The number of aromatic amines is 1. The van der Waals surface area contributed by atoms with Gasteiger partial charge in [-0.1, -0.05) is 31.0 Å². The van der Waals surface area contributed by atoms with Crippen LogP contribution in [0.15, 0.2) is 42.6 Å². The Kier molecular flexibility index (Phi) is 7.14. The second kappa shape index (κ2) is 9.79. The predicted molar refractivity (Wildman–Crippen MR) is 121 cm³/mol. The van der Waals surface area contributed by atoms with E-state index in [1.165, 1.54) is 5.39 Å². The van der Waals surface area contributed by atoms with E-state index in [-0.39, 0.29) is 5.97 Å². The molecular formula is C25H32N2O3. The summed E-state index contributed by atoms with van der Waals surface area (Å²) in [4.78, 5) is 19.7. The highest BCUT2D eigenvalue weighted by Crippen LogP contribution is 2.26. The van der Waals surface area contributed by atoms with Crippen molar-refractivity contribution in [2.24, 2.45) is 0 Å². The minimum atomic E-state index is -0.397. The number of rotatable bonds is 9. The van der Waals surface area contributed by atoms with Crippen molar-refractivity contribution in [3.63, 3.8) is 0 Å². The third kappa shape index (κ3) is 6.34. The first-order valence-corrected chi connectivity index (χ1v) is 10.7. The molecule has 0 saturated carbocycles. The Morgan fingerprint density at radius 1 is 1.00 bits per heavy atom. The molecule has 0 fully saturated rings. The Hall–Kier alpha value is -2.82. The van der Waals surface area contributed by atoms with Gasteiger partial charge in [-0.25, -0.2) is 4.98 Å². The highest BCUT2D eigenvalue weighted by Gasteiger charge is 2.15. The van der Waals surface area contributed by atoms with Crippen molar-refractivity contribution in [2.45, 2.75) is 64.9 Å². The molecule has 3 rings (SSSR count). The molecule has 1 heterocycles. The minimum absolute atomic E-state index is 0.105. The fourth-order valence-corrected chi connectivity index (χ4v) is 3.46. The van der Waals surface area contributed by atoms with Crippen LogP contribution >= 0.6 is 0 Å². The molecule has 1 N–H and O–H groups in total. The van der Waals surface area contributed by atoms with Crippen molar-refractivity contribution in [2.75, 3.05) is 7.11 Å². The first kappa shape index (κ1) is 21.9. The third-order valence-electron chi connectivity index (χ3n) is 4.95. The van der Waals surface area contributed by atoms with Crippen molar-refractivity contribution in [3.8, 4) is 17.0 Å². The fourth-order valence-electron chi connectivity index (χ4n) is 3.46. The number of benzene rings is 2. The van der Waals surface area contributed by atoms with Gasteiger partial charge in [0, 0.05) is 18.4 Å². The van der Waals surface area contributed by atoms with Crippen molar-refractivity contribution in [1.29, 1.82) is 0 Å². The second-order valence-electron chi connectivity index (χ2n) is 8.67. The molecule has 2 aromatic carbocycles.